The van der Waals surface area contributed by atoms with Crippen LogP contribution in [-0.4, -0.2) is 47.3 Å². The lowest BCUT2D eigenvalue weighted by Crippen LogP contribution is -2.30. The number of rotatable bonds is 5. The van der Waals surface area contributed by atoms with Gasteiger partial charge in [0, 0.05) is 19.0 Å². The lowest BCUT2D eigenvalue weighted by atomic mass is 9.89. The van der Waals surface area contributed by atoms with Crippen molar-refractivity contribution < 1.29 is 9.53 Å². The molecule has 1 amide bonds. The van der Waals surface area contributed by atoms with Crippen LogP contribution in [0.2, 0.25) is 0 Å². The third-order valence-corrected chi connectivity index (χ3v) is 5.38. The van der Waals surface area contributed by atoms with Gasteiger partial charge in [-0.25, -0.2) is 4.68 Å². The van der Waals surface area contributed by atoms with Crippen molar-refractivity contribution in [3.63, 3.8) is 0 Å². The van der Waals surface area contributed by atoms with Crippen LogP contribution in [0.15, 0.2) is 66.9 Å². The van der Waals surface area contributed by atoms with Crippen LogP contribution < -0.4 is 10.5 Å². The molecule has 1 aliphatic heterocycles. The number of nitrogens with zero attached hydrogens (tertiary/aromatic N) is 3. The van der Waals surface area contributed by atoms with E-state index in [1.54, 1.807) is 18.0 Å². The molecule has 6 nitrogen and oxygen atoms in total. The Bertz CT molecular complexity index is 940. The van der Waals surface area contributed by atoms with Crippen LogP contribution in [0, 0.1) is 5.92 Å². The highest BCUT2D eigenvalue weighted by Crippen LogP contribution is 2.33. The standard InChI is InChI=1S/C22H24N4O2/c1-28-20-15-26(18-10-6-3-7-11-18)24-21(20)22(27)25-13-17(12-23)19(14-25)16-8-4-2-5-9-16/h2-11,15,17,19H,12-14,23H2,1H3/t17-,19+/m1/s1. The molecule has 2 heterocycles. The van der Waals surface area contributed by atoms with Crippen LogP contribution in [0.3, 0.4) is 0 Å². The summed E-state index contributed by atoms with van der Waals surface area (Å²) in [5, 5.41) is 4.51. The molecule has 1 fully saturated rings. The van der Waals surface area contributed by atoms with Crippen LogP contribution in [-0.2, 0) is 0 Å². The van der Waals surface area contributed by atoms with Gasteiger partial charge < -0.3 is 15.4 Å². The van der Waals surface area contributed by atoms with E-state index in [2.05, 4.69) is 17.2 Å². The van der Waals surface area contributed by atoms with E-state index >= 15 is 0 Å². The maximum atomic E-state index is 13.2. The first-order valence-electron chi connectivity index (χ1n) is 9.44. The van der Waals surface area contributed by atoms with Gasteiger partial charge in [-0.3, -0.25) is 4.79 Å². The zero-order chi connectivity index (χ0) is 19.5. The molecule has 2 N–H and O–H groups in total. The molecule has 144 valence electrons. The molecule has 1 aromatic heterocycles. The number of ether oxygens (including phenoxy) is 1. The van der Waals surface area contributed by atoms with Crippen molar-refractivity contribution in [3.05, 3.63) is 78.1 Å². The number of hydrogen-bond donors (Lipinski definition) is 1. The lowest BCUT2D eigenvalue weighted by Gasteiger charge is -2.16. The number of nitrogens with two attached hydrogens (primary N) is 1. The smallest absolute Gasteiger partial charge is 0.278 e. The molecule has 0 bridgehead atoms. The lowest BCUT2D eigenvalue weighted by molar-refractivity contribution is 0.0777. The van der Waals surface area contributed by atoms with Crippen molar-refractivity contribution in [3.8, 4) is 11.4 Å². The number of para-hydroxylation sites is 1. The minimum absolute atomic E-state index is 0.122. The number of carbonyl (C=O) groups excluding carboxylic acids is 1. The average molecular weight is 376 g/mol. The minimum Gasteiger partial charge on any atom is -0.493 e. The van der Waals surface area contributed by atoms with E-state index in [0.717, 1.165) is 5.69 Å². The molecule has 4 rings (SSSR count). The maximum absolute atomic E-state index is 13.2. The molecule has 0 spiro atoms. The van der Waals surface area contributed by atoms with Gasteiger partial charge in [-0.15, -0.1) is 0 Å². The van der Waals surface area contributed by atoms with Gasteiger partial charge >= 0.3 is 0 Å². The Labute approximate surface area is 164 Å². The van der Waals surface area contributed by atoms with E-state index in [1.807, 2.05) is 53.4 Å². The molecule has 1 aliphatic rings. The average Bonchev–Trinajstić information content (AvgIpc) is 3.39. The van der Waals surface area contributed by atoms with Crippen molar-refractivity contribution in [2.24, 2.45) is 11.7 Å². The third-order valence-electron chi connectivity index (χ3n) is 5.38. The van der Waals surface area contributed by atoms with Gasteiger partial charge in [-0.05, 0) is 30.2 Å². The highest BCUT2D eigenvalue weighted by Gasteiger charge is 2.37. The summed E-state index contributed by atoms with van der Waals surface area (Å²) in [6.07, 6.45) is 1.74. The van der Waals surface area contributed by atoms with Crippen molar-refractivity contribution >= 4 is 5.91 Å². The van der Waals surface area contributed by atoms with Crippen molar-refractivity contribution in [2.45, 2.75) is 5.92 Å². The molecular formula is C22H24N4O2. The van der Waals surface area contributed by atoms with Gasteiger partial charge in [-0.2, -0.15) is 5.10 Å². The van der Waals surface area contributed by atoms with Gasteiger partial charge in [0.25, 0.3) is 5.91 Å². The fourth-order valence-corrected chi connectivity index (χ4v) is 3.87. The molecule has 2 atom stereocenters. The third kappa shape index (κ3) is 3.39. The van der Waals surface area contributed by atoms with Crippen molar-refractivity contribution in [1.82, 2.24) is 14.7 Å². The van der Waals surface area contributed by atoms with E-state index in [4.69, 9.17) is 10.5 Å². The summed E-state index contributed by atoms with van der Waals surface area (Å²) in [5.41, 5.74) is 8.44. The van der Waals surface area contributed by atoms with Gasteiger partial charge in [0.15, 0.2) is 11.4 Å². The summed E-state index contributed by atoms with van der Waals surface area (Å²) in [7, 11) is 1.56. The Kier molecular flexibility index (Phi) is 5.12. The quantitative estimate of drug-likeness (QED) is 0.743. The molecule has 0 unspecified atom stereocenters. The monoisotopic (exact) mass is 376 g/mol. The predicted molar refractivity (Wildman–Crippen MR) is 108 cm³/mol. The van der Waals surface area contributed by atoms with E-state index in [1.165, 1.54) is 5.56 Å². The van der Waals surface area contributed by atoms with Crippen LogP contribution in [0.1, 0.15) is 22.0 Å². The molecular weight excluding hydrogens is 352 g/mol. The van der Waals surface area contributed by atoms with Crippen molar-refractivity contribution in [1.29, 1.82) is 0 Å². The summed E-state index contributed by atoms with van der Waals surface area (Å²) in [6, 6.07) is 19.9. The zero-order valence-corrected chi connectivity index (χ0v) is 15.9. The molecule has 2 aromatic carbocycles. The van der Waals surface area contributed by atoms with E-state index in [9.17, 15) is 4.79 Å². The Morgan fingerprint density at radius 3 is 2.43 bits per heavy atom. The molecule has 0 radical (unpaired) electrons. The Morgan fingerprint density at radius 1 is 1.11 bits per heavy atom. The zero-order valence-electron chi connectivity index (χ0n) is 15.9. The first-order chi connectivity index (χ1) is 13.7. The SMILES string of the molecule is COc1cn(-c2ccccc2)nc1C(=O)N1C[C@@H](CN)[C@H](c2ccccc2)C1. The molecule has 6 heteroatoms. The summed E-state index contributed by atoms with van der Waals surface area (Å²) in [4.78, 5) is 15.1. The van der Waals surface area contributed by atoms with Crippen LogP contribution in [0.4, 0.5) is 0 Å². The Balaban J connectivity index is 1.60. The summed E-state index contributed by atoms with van der Waals surface area (Å²) < 4.78 is 7.12. The molecule has 3 aromatic rings. The fourth-order valence-electron chi connectivity index (χ4n) is 3.87. The number of carbonyl (C=O) groups is 1. The van der Waals surface area contributed by atoms with Crippen LogP contribution in [0.25, 0.3) is 5.69 Å². The molecule has 0 aliphatic carbocycles. The minimum atomic E-state index is -0.122. The summed E-state index contributed by atoms with van der Waals surface area (Å²) in [6.45, 7) is 1.79. The first-order valence-corrected chi connectivity index (χ1v) is 9.44. The molecule has 28 heavy (non-hydrogen) atoms. The second-order valence-corrected chi connectivity index (χ2v) is 7.05. The fraction of sp³-hybridized carbons (Fsp3) is 0.273. The van der Waals surface area contributed by atoms with E-state index in [0.29, 0.717) is 31.1 Å². The summed E-state index contributed by atoms with van der Waals surface area (Å²) >= 11 is 0. The second kappa shape index (κ2) is 7.86. The number of benzene rings is 2. The van der Waals surface area contributed by atoms with Crippen LogP contribution in [0.5, 0.6) is 5.75 Å². The van der Waals surface area contributed by atoms with Gasteiger partial charge in [0.05, 0.1) is 19.0 Å². The van der Waals surface area contributed by atoms with Gasteiger partial charge in [-0.1, -0.05) is 48.5 Å². The molecule has 0 saturated carbocycles. The highest BCUT2D eigenvalue weighted by atomic mass is 16.5. The number of hydrogen-bond acceptors (Lipinski definition) is 4. The Morgan fingerprint density at radius 2 is 1.79 bits per heavy atom. The summed E-state index contributed by atoms with van der Waals surface area (Å²) in [5.74, 6) is 0.815. The van der Waals surface area contributed by atoms with Crippen LogP contribution >= 0.6 is 0 Å². The van der Waals surface area contributed by atoms with Crippen molar-refractivity contribution in [2.75, 3.05) is 26.7 Å². The topological polar surface area (TPSA) is 73.4 Å². The highest BCUT2D eigenvalue weighted by molar-refractivity contribution is 5.95. The largest absolute Gasteiger partial charge is 0.493 e. The Hall–Kier alpha value is -3.12. The van der Waals surface area contributed by atoms with Gasteiger partial charge in [0.2, 0.25) is 0 Å². The second-order valence-electron chi connectivity index (χ2n) is 7.05. The number of amides is 1. The van der Waals surface area contributed by atoms with E-state index < -0.39 is 0 Å². The predicted octanol–water partition coefficient (Wildman–Crippen LogP) is 2.70. The first kappa shape index (κ1) is 18.3. The number of aromatic nitrogens is 2. The normalized spacial score (nSPS) is 19.0. The van der Waals surface area contributed by atoms with Gasteiger partial charge in [0.1, 0.15) is 0 Å². The van der Waals surface area contributed by atoms with E-state index in [-0.39, 0.29) is 17.7 Å². The maximum Gasteiger partial charge on any atom is 0.278 e. The molecule has 1 saturated heterocycles. The number of methoxy groups -OCH3 is 1. The number of likely N-dealkylation sites (tertiary alicyclic amines) is 1.